The Morgan fingerprint density at radius 1 is 0.405 bits per heavy atom. The van der Waals surface area contributed by atoms with Gasteiger partial charge in [0, 0.05) is 32.6 Å². The molecule has 0 N–H and O–H groups in total. The zero-order valence-corrected chi connectivity index (χ0v) is 20.7. The van der Waals surface area contributed by atoms with E-state index in [-0.39, 0.29) is 0 Å². The molecule has 0 saturated heterocycles. The largest absolute Gasteiger partial charge is 0.301 e. The maximum absolute atomic E-state index is 2.46. The van der Waals surface area contributed by atoms with Crippen molar-refractivity contribution >= 4 is 86.2 Å². The van der Waals surface area contributed by atoms with Gasteiger partial charge in [0.05, 0.1) is 11.0 Å². The minimum atomic E-state index is 1.20. The first-order valence-corrected chi connectivity index (χ1v) is 13.4. The molecular formula is C34H20N2S. The predicted octanol–water partition coefficient (Wildman–Crippen LogP) is 9.73. The van der Waals surface area contributed by atoms with Crippen LogP contribution < -0.4 is 0 Å². The predicted molar refractivity (Wildman–Crippen MR) is 160 cm³/mol. The van der Waals surface area contributed by atoms with Crippen LogP contribution in [0.5, 0.6) is 0 Å². The van der Waals surface area contributed by atoms with E-state index < -0.39 is 0 Å². The average Bonchev–Trinajstić information content (AvgIpc) is 3.58. The second-order valence-electron chi connectivity index (χ2n) is 9.85. The van der Waals surface area contributed by atoms with Crippen molar-refractivity contribution in [2.75, 3.05) is 0 Å². The zero-order chi connectivity index (χ0) is 24.1. The average molecular weight is 489 g/mol. The van der Waals surface area contributed by atoms with E-state index >= 15 is 0 Å². The second-order valence-corrected chi connectivity index (χ2v) is 10.8. The SMILES string of the molecule is c1ccc2c(c1)c1c3c4ccccc4n4c5cccc(c5)c5ccc(cc5)c5cccc(c5)n2c1sc34. The number of benzene rings is 5. The highest BCUT2D eigenvalue weighted by molar-refractivity contribution is 7.25. The third kappa shape index (κ3) is 2.54. The van der Waals surface area contributed by atoms with Gasteiger partial charge < -0.3 is 8.80 Å². The van der Waals surface area contributed by atoms with Crippen molar-refractivity contribution in [1.82, 2.24) is 8.80 Å². The molecule has 0 spiro atoms. The van der Waals surface area contributed by atoms with Crippen LogP contribution in [0.3, 0.4) is 0 Å². The molecule has 37 heavy (non-hydrogen) atoms. The normalized spacial score (nSPS) is 12.3. The number of fused-ring (bicyclic) bond motifs is 7. The van der Waals surface area contributed by atoms with E-state index in [2.05, 4.69) is 130 Å². The third-order valence-electron chi connectivity index (χ3n) is 7.87. The molecule has 3 heteroatoms. The molecule has 0 aliphatic heterocycles. The van der Waals surface area contributed by atoms with Crippen LogP contribution in [-0.2, 0) is 0 Å². The molecule has 10 aromatic rings. The first-order chi connectivity index (χ1) is 18.3. The summed E-state index contributed by atoms with van der Waals surface area (Å²) in [5.74, 6) is 0. The van der Waals surface area contributed by atoms with Gasteiger partial charge in [-0.3, -0.25) is 0 Å². The fourth-order valence-corrected chi connectivity index (χ4v) is 7.62. The van der Waals surface area contributed by atoms with Crippen LogP contribution in [-0.4, -0.2) is 8.80 Å². The Hall–Kier alpha value is -4.60. The van der Waals surface area contributed by atoms with Crippen molar-refractivity contribution in [3.8, 4) is 0 Å². The number of aromatic nitrogens is 2. The van der Waals surface area contributed by atoms with E-state index in [1.165, 1.54) is 74.8 Å². The zero-order valence-electron chi connectivity index (χ0n) is 19.8. The molecule has 8 bridgehead atoms. The van der Waals surface area contributed by atoms with Crippen LogP contribution >= 0.6 is 11.3 Å². The maximum Gasteiger partial charge on any atom is 0.111 e. The molecule has 5 aromatic carbocycles. The van der Waals surface area contributed by atoms with Gasteiger partial charge in [0.15, 0.2) is 0 Å². The number of hydrogen-bond acceptors (Lipinski definition) is 1. The standard InChI is InChI=1S/C34H20N2S/c1-3-13-29-27(11-1)31-32-28-12-2-4-14-30(28)36-26-10-6-8-24(20-26)22-17-15-21(16-18-22)23-7-5-9-25(19-23)35(29)33(31)37-34(32)36/h1-20H. The molecule has 0 radical (unpaired) electrons. The van der Waals surface area contributed by atoms with Crippen molar-refractivity contribution in [3.63, 3.8) is 0 Å². The lowest BCUT2D eigenvalue weighted by Gasteiger charge is -2.00. The Bertz CT molecular complexity index is 2230. The lowest BCUT2D eigenvalue weighted by molar-refractivity contribution is 1.35. The summed E-state index contributed by atoms with van der Waals surface area (Å²) < 4.78 is 4.92. The Morgan fingerprint density at radius 2 is 0.865 bits per heavy atom. The molecular weight excluding hydrogens is 468 g/mol. The van der Waals surface area contributed by atoms with E-state index in [0.29, 0.717) is 0 Å². The van der Waals surface area contributed by atoms with Crippen LogP contribution in [0.4, 0.5) is 0 Å². The van der Waals surface area contributed by atoms with E-state index in [1.807, 2.05) is 11.3 Å². The van der Waals surface area contributed by atoms with Gasteiger partial charge in [-0.15, -0.1) is 0 Å². The Balaban J connectivity index is 1.71. The molecule has 0 saturated carbocycles. The van der Waals surface area contributed by atoms with Crippen LogP contribution in [0.1, 0.15) is 0 Å². The second kappa shape index (κ2) is 7.00. The Kier molecular flexibility index (Phi) is 3.70. The van der Waals surface area contributed by atoms with Crippen LogP contribution in [0.2, 0.25) is 0 Å². The van der Waals surface area contributed by atoms with Gasteiger partial charge in [-0.1, -0.05) is 96.3 Å². The molecule has 0 aliphatic carbocycles. The smallest absolute Gasteiger partial charge is 0.111 e. The van der Waals surface area contributed by atoms with Crippen molar-refractivity contribution in [2.45, 2.75) is 0 Å². The molecule has 172 valence electrons. The Morgan fingerprint density at radius 3 is 1.35 bits per heavy atom. The van der Waals surface area contributed by atoms with E-state index in [9.17, 15) is 0 Å². The van der Waals surface area contributed by atoms with Crippen LogP contribution in [0, 0.1) is 0 Å². The number of nitrogens with zero attached hydrogens (tertiary/aromatic N) is 2. The number of rotatable bonds is 0. The summed E-state index contributed by atoms with van der Waals surface area (Å²) in [5.41, 5.74) is 4.90. The molecule has 2 nitrogen and oxygen atoms in total. The number of hydrogen-bond donors (Lipinski definition) is 0. The van der Waals surface area contributed by atoms with Crippen molar-refractivity contribution in [3.05, 3.63) is 121 Å². The first kappa shape index (κ1) is 19.6. The summed E-state index contributed by atoms with van der Waals surface area (Å²) in [6, 6.07) is 44.6. The van der Waals surface area contributed by atoms with Gasteiger partial charge in [0.25, 0.3) is 0 Å². The molecule has 0 aliphatic rings. The molecule has 0 unspecified atom stereocenters. The molecule has 5 heterocycles. The first-order valence-electron chi connectivity index (χ1n) is 12.6. The summed E-state index contributed by atoms with van der Waals surface area (Å²) in [7, 11) is 0. The molecule has 0 amide bonds. The van der Waals surface area contributed by atoms with E-state index in [0.717, 1.165) is 0 Å². The quantitative estimate of drug-likeness (QED) is 0.201. The van der Waals surface area contributed by atoms with Gasteiger partial charge in [0.1, 0.15) is 9.66 Å². The van der Waals surface area contributed by atoms with Gasteiger partial charge >= 0.3 is 0 Å². The minimum Gasteiger partial charge on any atom is -0.301 e. The minimum absolute atomic E-state index is 1.20. The fraction of sp³-hybridized carbons (Fsp3) is 0. The van der Waals surface area contributed by atoms with Crippen molar-refractivity contribution < 1.29 is 0 Å². The van der Waals surface area contributed by atoms with Gasteiger partial charge in [0.2, 0.25) is 0 Å². The molecule has 0 fully saturated rings. The summed E-state index contributed by atoms with van der Waals surface area (Å²) in [6.45, 7) is 0. The van der Waals surface area contributed by atoms with E-state index in [4.69, 9.17) is 0 Å². The van der Waals surface area contributed by atoms with Gasteiger partial charge in [-0.25, -0.2) is 0 Å². The summed E-state index contributed by atoms with van der Waals surface area (Å²) >= 11 is 1.90. The Labute approximate surface area is 215 Å². The fourth-order valence-electron chi connectivity index (χ4n) is 6.22. The highest BCUT2D eigenvalue weighted by Crippen LogP contribution is 2.45. The number of thiophene rings is 1. The van der Waals surface area contributed by atoms with Crippen LogP contribution in [0.25, 0.3) is 74.8 Å². The lowest BCUT2D eigenvalue weighted by Crippen LogP contribution is -1.83. The topological polar surface area (TPSA) is 8.82 Å². The molecule has 10 rings (SSSR count). The monoisotopic (exact) mass is 488 g/mol. The van der Waals surface area contributed by atoms with Gasteiger partial charge in [-0.05, 0) is 57.9 Å². The van der Waals surface area contributed by atoms with Crippen LogP contribution in [0.15, 0.2) is 121 Å². The van der Waals surface area contributed by atoms with Crippen molar-refractivity contribution in [1.29, 1.82) is 0 Å². The third-order valence-corrected chi connectivity index (χ3v) is 9.03. The summed E-state index contributed by atoms with van der Waals surface area (Å²) in [6.07, 6.45) is 0. The highest BCUT2D eigenvalue weighted by Gasteiger charge is 2.20. The summed E-state index contributed by atoms with van der Waals surface area (Å²) in [4.78, 5) is 2.59. The maximum atomic E-state index is 2.46. The summed E-state index contributed by atoms with van der Waals surface area (Å²) in [5, 5.41) is 10.2. The van der Waals surface area contributed by atoms with Gasteiger partial charge in [-0.2, -0.15) is 0 Å². The number of para-hydroxylation sites is 2. The van der Waals surface area contributed by atoms with Crippen molar-refractivity contribution in [2.24, 2.45) is 0 Å². The molecule has 5 aromatic heterocycles. The molecule has 0 atom stereocenters. The van der Waals surface area contributed by atoms with E-state index in [1.54, 1.807) is 0 Å². The highest BCUT2D eigenvalue weighted by atomic mass is 32.1. The lowest BCUT2D eigenvalue weighted by atomic mass is 10.1.